The molecule has 0 aromatic rings. The molecule has 0 N–H and O–H groups in total. The molecule has 0 aromatic carbocycles. The minimum Gasteiger partial charge on any atom is -0.120 e. The Bertz CT molecular complexity index is 124. The molecule has 1 aliphatic rings. The fraction of sp³-hybridized carbons (Fsp3) is 0.429. The number of hydrogen-bond donors (Lipinski definition) is 0. The van der Waals surface area contributed by atoms with E-state index in [0.717, 1.165) is 6.42 Å². The summed E-state index contributed by atoms with van der Waals surface area (Å²) in [5, 5.41) is 0. The molecular formula is C7H6. The summed E-state index contributed by atoms with van der Waals surface area (Å²) in [6, 6.07) is 0. The zero-order valence-electron chi connectivity index (χ0n) is 4.02. The molecular weight excluding hydrogens is 84.1 g/mol. The highest BCUT2D eigenvalue weighted by Crippen LogP contribution is 2.36. The zero-order valence-corrected chi connectivity index (χ0v) is 4.02. The molecule has 2 atom stereocenters. The highest BCUT2D eigenvalue weighted by molar-refractivity contribution is 5.17. The molecule has 1 aliphatic carbocycles. The molecule has 1 fully saturated rings. The first-order chi connectivity index (χ1) is 3.38. The van der Waals surface area contributed by atoms with Gasteiger partial charge in [-0.25, -0.2) is 0 Å². The lowest BCUT2D eigenvalue weighted by Gasteiger charge is -1.69. The third kappa shape index (κ3) is 0.599. The van der Waals surface area contributed by atoms with Crippen LogP contribution in [0.25, 0.3) is 0 Å². The van der Waals surface area contributed by atoms with Gasteiger partial charge in [-0.3, -0.25) is 0 Å². The van der Waals surface area contributed by atoms with Crippen molar-refractivity contribution in [2.75, 3.05) is 0 Å². The first-order valence-electron chi connectivity index (χ1n) is 2.30. The van der Waals surface area contributed by atoms with Crippen LogP contribution in [0.2, 0.25) is 0 Å². The van der Waals surface area contributed by atoms with Crippen LogP contribution in [0.4, 0.5) is 0 Å². The predicted molar refractivity (Wildman–Crippen MR) is 29.3 cm³/mol. The van der Waals surface area contributed by atoms with E-state index < -0.39 is 0 Å². The van der Waals surface area contributed by atoms with Gasteiger partial charge >= 0.3 is 0 Å². The molecule has 0 radical (unpaired) electrons. The lowest BCUT2D eigenvalue weighted by molar-refractivity contribution is 1.06. The summed E-state index contributed by atoms with van der Waals surface area (Å²) in [5.41, 5.74) is 0. The van der Waals surface area contributed by atoms with Gasteiger partial charge in [-0.1, -0.05) is 0 Å². The summed E-state index contributed by atoms with van der Waals surface area (Å²) in [4.78, 5) is 0. The first kappa shape index (κ1) is 4.28. The normalized spacial score (nSPS) is 35.7. The average Bonchev–Trinajstić information content (AvgIpc) is 2.43. The monoisotopic (exact) mass is 90.0 g/mol. The first-order valence-corrected chi connectivity index (χ1v) is 2.30. The Morgan fingerprint density at radius 3 is 1.71 bits per heavy atom. The Kier molecular flexibility index (Phi) is 0.807. The van der Waals surface area contributed by atoms with Crippen molar-refractivity contribution in [1.29, 1.82) is 0 Å². The van der Waals surface area contributed by atoms with E-state index in [1.165, 1.54) is 0 Å². The fourth-order valence-corrected chi connectivity index (χ4v) is 0.563. The molecule has 0 unspecified atom stereocenters. The highest BCUT2D eigenvalue weighted by Gasteiger charge is 2.33. The standard InChI is InChI=1S/C7H6/c1-3-6-5-7(6)4-2/h1-2,6-7H,5H2/t6-,7-/m1/s1. The van der Waals surface area contributed by atoms with E-state index in [2.05, 4.69) is 11.8 Å². The minimum atomic E-state index is 0.407. The van der Waals surface area contributed by atoms with Crippen molar-refractivity contribution in [3.63, 3.8) is 0 Å². The average molecular weight is 90.1 g/mol. The third-order valence-electron chi connectivity index (χ3n) is 1.22. The second kappa shape index (κ2) is 1.32. The van der Waals surface area contributed by atoms with E-state index in [0.29, 0.717) is 11.8 Å². The van der Waals surface area contributed by atoms with Crippen LogP contribution in [-0.4, -0.2) is 0 Å². The third-order valence-corrected chi connectivity index (χ3v) is 1.22. The highest BCUT2D eigenvalue weighted by atomic mass is 14.3. The molecule has 0 aromatic heterocycles. The van der Waals surface area contributed by atoms with E-state index in [4.69, 9.17) is 12.8 Å². The van der Waals surface area contributed by atoms with Gasteiger partial charge in [0.25, 0.3) is 0 Å². The van der Waals surface area contributed by atoms with Crippen molar-refractivity contribution in [1.82, 2.24) is 0 Å². The van der Waals surface area contributed by atoms with E-state index in [9.17, 15) is 0 Å². The van der Waals surface area contributed by atoms with E-state index in [1.54, 1.807) is 0 Å². The van der Waals surface area contributed by atoms with Gasteiger partial charge in [0.05, 0.1) is 0 Å². The van der Waals surface area contributed by atoms with Crippen LogP contribution in [0.3, 0.4) is 0 Å². The number of rotatable bonds is 0. The predicted octanol–water partition coefficient (Wildman–Crippen LogP) is 0.889. The van der Waals surface area contributed by atoms with E-state index >= 15 is 0 Å². The molecule has 1 saturated carbocycles. The molecule has 34 valence electrons. The van der Waals surface area contributed by atoms with Crippen LogP contribution < -0.4 is 0 Å². The van der Waals surface area contributed by atoms with Crippen molar-refractivity contribution in [2.45, 2.75) is 6.42 Å². The van der Waals surface area contributed by atoms with Gasteiger partial charge in [0, 0.05) is 11.8 Å². The van der Waals surface area contributed by atoms with Gasteiger partial charge in [0.1, 0.15) is 0 Å². The molecule has 0 amide bonds. The van der Waals surface area contributed by atoms with Gasteiger partial charge in [-0.15, -0.1) is 24.7 Å². The van der Waals surface area contributed by atoms with Crippen LogP contribution in [0.1, 0.15) is 6.42 Å². The van der Waals surface area contributed by atoms with Crippen LogP contribution in [-0.2, 0) is 0 Å². The van der Waals surface area contributed by atoms with Crippen molar-refractivity contribution in [3.8, 4) is 24.7 Å². The van der Waals surface area contributed by atoms with Crippen molar-refractivity contribution >= 4 is 0 Å². The van der Waals surface area contributed by atoms with Crippen molar-refractivity contribution < 1.29 is 0 Å². The summed E-state index contributed by atoms with van der Waals surface area (Å²) < 4.78 is 0. The summed E-state index contributed by atoms with van der Waals surface area (Å²) in [7, 11) is 0. The van der Waals surface area contributed by atoms with E-state index in [-0.39, 0.29) is 0 Å². The molecule has 1 rings (SSSR count). The quantitative estimate of drug-likeness (QED) is 0.387. The van der Waals surface area contributed by atoms with Gasteiger partial charge in [-0.05, 0) is 6.42 Å². The van der Waals surface area contributed by atoms with Crippen LogP contribution in [0, 0.1) is 36.5 Å². The maximum absolute atomic E-state index is 5.05. The maximum Gasteiger partial charge on any atom is 0.0350 e. The molecule has 7 heavy (non-hydrogen) atoms. The lowest BCUT2D eigenvalue weighted by atomic mass is 10.3. The van der Waals surface area contributed by atoms with Gasteiger partial charge in [0.15, 0.2) is 0 Å². The SMILES string of the molecule is C#C[C@@H]1C[C@H]1C#C. The molecule has 0 nitrogen and oxygen atoms in total. The molecule has 0 bridgehead atoms. The van der Waals surface area contributed by atoms with Crippen molar-refractivity contribution in [2.24, 2.45) is 11.8 Å². The number of terminal acetylenes is 2. The Balaban J connectivity index is 2.39. The van der Waals surface area contributed by atoms with Crippen molar-refractivity contribution in [3.05, 3.63) is 0 Å². The van der Waals surface area contributed by atoms with Gasteiger partial charge in [-0.2, -0.15) is 0 Å². The Labute approximate surface area is 43.9 Å². The minimum absolute atomic E-state index is 0.407. The second-order valence-electron chi connectivity index (χ2n) is 1.78. The zero-order chi connectivity index (χ0) is 5.28. The molecule has 0 spiro atoms. The molecule has 0 saturated heterocycles. The van der Waals surface area contributed by atoms with Gasteiger partial charge in [0.2, 0.25) is 0 Å². The fourth-order valence-electron chi connectivity index (χ4n) is 0.563. The second-order valence-corrected chi connectivity index (χ2v) is 1.78. The van der Waals surface area contributed by atoms with Gasteiger partial charge < -0.3 is 0 Å². The molecule has 0 heteroatoms. The summed E-state index contributed by atoms with van der Waals surface area (Å²) in [6.45, 7) is 0. The Morgan fingerprint density at radius 1 is 1.14 bits per heavy atom. The largest absolute Gasteiger partial charge is 0.120 e. The number of hydrogen-bond acceptors (Lipinski definition) is 0. The molecule has 0 aliphatic heterocycles. The summed E-state index contributed by atoms with van der Waals surface area (Å²) >= 11 is 0. The Morgan fingerprint density at radius 2 is 1.57 bits per heavy atom. The van der Waals surface area contributed by atoms with Crippen LogP contribution in [0.15, 0.2) is 0 Å². The lowest BCUT2D eigenvalue weighted by Crippen LogP contribution is -1.68. The Hall–Kier alpha value is -0.880. The van der Waals surface area contributed by atoms with Crippen LogP contribution >= 0.6 is 0 Å². The topological polar surface area (TPSA) is 0 Å². The summed E-state index contributed by atoms with van der Waals surface area (Å²) in [6.07, 6.45) is 11.2. The van der Waals surface area contributed by atoms with E-state index in [1.807, 2.05) is 0 Å². The maximum atomic E-state index is 5.05. The summed E-state index contributed by atoms with van der Waals surface area (Å²) in [5.74, 6) is 6.01. The smallest absolute Gasteiger partial charge is 0.0350 e. The van der Waals surface area contributed by atoms with Crippen LogP contribution in [0.5, 0.6) is 0 Å². The molecule has 0 heterocycles.